The van der Waals surface area contributed by atoms with Crippen molar-refractivity contribution in [3.8, 4) is 0 Å². The molecule has 1 aliphatic carbocycles. The van der Waals surface area contributed by atoms with Crippen molar-refractivity contribution in [2.24, 2.45) is 5.92 Å². The van der Waals surface area contributed by atoms with E-state index in [4.69, 9.17) is 23.2 Å². The van der Waals surface area contributed by atoms with Gasteiger partial charge < -0.3 is 5.11 Å². The molecule has 0 radical (unpaired) electrons. The molecule has 2 aromatic rings. The average molecular weight is 310 g/mol. The van der Waals surface area contributed by atoms with E-state index < -0.39 is 0 Å². The summed E-state index contributed by atoms with van der Waals surface area (Å²) in [6, 6.07) is 8.11. The number of nitrogens with zero attached hydrogens (tertiary/aromatic N) is 1. The van der Waals surface area contributed by atoms with Crippen molar-refractivity contribution in [2.75, 3.05) is 0 Å². The highest BCUT2D eigenvalue weighted by Gasteiger charge is 2.22. The summed E-state index contributed by atoms with van der Waals surface area (Å²) in [6.45, 7) is 0. The fraction of sp³-hybridized carbons (Fsp3) is 0.438. The smallest absolute Gasteiger partial charge is 0.148 e. The third-order valence-corrected chi connectivity index (χ3v) is 4.82. The van der Waals surface area contributed by atoms with Crippen LogP contribution in [0.4, 0.5) is 0 Å². The second-order valence-corrected chi connectivity index (χ2v) is 6.42. The van der Waals surface area contributed by atoms with Crippen molar-refractivity contribution in [1.82, 2.24) is 4.98 Å². The summed E-state index contributed by atoms with van der Waals surface area (Å²) in [4.78, 5) is 4.32. The Balaban J connectivity index is 1.74. The molecule has 1 aromatic heterocycles. The molecule has 0 bridgehead atoms. The van der Waals surface area contributed by atoms with Gasteiger partial charge in [-0.25, -0.2) is 4.98 Å². The summed E-state index contributed by atoms with van der Waals surface area (Å²) in [6.07, 6.45) is 5.12. The number of aliphatic hydroxyl groups excluding tert-OH is 1. The van der Waals surface area contributed by atoms with E-state index in [-0.39, 0.29) is 6.10 Å². The minimum Gasteiger partial charge on any atom is -0.393 e. The maximum absolute atomic E-state index is 9.56. The van der Waals surface area contributed by atoms with Gasteiger partial charge in [0.1, 0.15) is 5.15 Å². The Hall–Kier alpha value is -0.830. The van der Waals surface area contributed by atoms with Gasteiger partial charge in [0.25, 0.3) is 0 Å². The molecule has 3 rings (SSSR count). The summed E-state index contributed by atoms with van der Waals surface area (Å²) in [5, 5.41) is 11.4. The maximum Gasteiger partial charge on any atom is 0.148 e. The third-order valence-electron chi connectivity index (χ3n) is 4.15. The molecule has 1 aliphatic rings. The Labute approximate surface area is 128 Å². The summed E-state index contributed by atoms with van der Waals surface area (Å²) in [5.41, 5.74) is 2.16. The second kappa shape index (κ2) is 5.88. The normalized spacial score (nSPS) is 22.6. The first-order chi connectivity index (χ1) is 9.61. The van der Waals surface area contributed by atoms with E-state index >= 15 is 0 Å². The topological polar surface area (TPSA) is 33.1 Å². The molecule has 20 heavy (non-hydrogen) atoms. The zero-order valence-electron chi connectivity index (χ0n) is 11.1. The predicted molar refractivity (Wildman–Crippen MR) is 83.4 cm³/mol. The van der Waals surface area contributed by atoms with Gasteiger partial charge >= 0.3 is 0 Å². The first kappa shape index (κ1) is 14.1. The molecule has 0 aliphatic heterocycles. The van der Waals surface area contributed by atoms with Gasteiger partial charge in [-0.05, 0) is 55.7 Å². The van der Waals surface area contributed by atoms with E-state index in [1.165, 1.54) is 5.56 Å². The van der Waals surface area contributed by atoms with Crippen LogP contribution < -0.4 is 0 Å². The van der Waals surface area contributed by atoms with Crippen LogP contribution in [-0.2, 0) is 6.42 Å². The summed E-state index contributed by atoms with van der Waals surface area (Å²) >= 11 is 11.9. The van der Waals surface area contributed by atoms with Gasteiger partial charge in [0, 0.05) is 5.39 Å². The molecule has 1 heterocycles. The third kappa shape index (κ3) is 3.08. The lowest BCUT2D eigenvalue weighted by Crippen LogP contribution is -2.01. The van der Waals surface area contributed by atoms with Gasteiger partial charge in [-0.15, -0.1) is 0 Å². The molecule has 1 saturated carbocycles. The maximum atomic E-state index is 9.56. The number of hydrogen-bond donors (Lipinski definition) is 1. The molecule has 0 spiro atoms. The number of aliphatic hydroxyl groups is 1. The first-order valence-corrected chi connectivity index (χ1v) is 7.80. The number of hydrogen-bond acceptors (Lipinski definition) is 2. The lowest BCUT2D eigenvalue weighted by molar-refractivity contribution is 0.177. The van der Waals surface area contributed by atoms with Crippen LogP contribution in [0.25, 0.3) is 10.9 Å². The van der Waals surface area contributed by atoms with Gasteiger partial charge in [-0.2, -0.15) is 0 Å². The molecule has 1 fully saturated rings. The van der Waals surface area contributed by atoms with E-state index in [2.05, 4.69) is 17.1 Å². The van der Waals surface area contributed by atoms with E-state index in [1.54, 1.807) is 0 Å². The van der Waals surface area contributed by atoms with Crippen LogP contribution in [0.5, 0.6) is 0 Å². The fourth-order valence-electron chi connectivity index (χ4n) is 3.00. The van der Waals surface area contributed by atoms with Crippen LogP contribution >= 0.6 is 23.2 Å². The van der Waals surface area contributed by atoms with Gasteiger partial charge in [0.2, 0.25) is 0 Å². The fourth-order valence-corrected chi connectivity index (χ4v) is 3.31. The van der Waals surface area contributed by atoms with Crippen LogP contribution in [0.1, 0.15) is 31.2 Å². The Morgan fingerprint density at radius 2 is 2.05 bits per heavy atom. The molecule has 1 N–H and O–H groups in total. The van der Waals surface area contributed by atoms with Crippen LogP contribution in [0.3, 0.4) is 0 Å². The number of aryl methyl sites for hydroxylation is 1. The molecule has 106 valence electrons. The number of rotatable bonds is 3. The summed E-state index contributed by atoms with van der Waals surface area (Å²) in [5.74, 6) is 0.655. The van der Waals surface area contributed by atoms with E-state index in [1.807, 2.05) is 12.1 Å². The van der Waals surface area contributed by atoms with Crippen LogP contribution in [0.15, 0.2) is 24.3 Å². The molecular formula is C16H17Cl2NO. The number of fused-ring (bicyclic) bond motifs is 1. The second-order valence-electron chi connectivity index (χ2n) is 5.66. The van der Waals surface area contributed by atoms with Crippen molar-refractivity contribution in [2.45, 2.75) is 38.2 Å². The Bertz CT molecular complexity index is 629. The highest BCUT2D eigenvalue weighted by molar-refractivity contribution is 6.41. The molecular weight excluding hydrogens is 293 g/mol. The summed E-state index contributed by atoms with van der Waals surface area (Å²) < 4.78 is 0. The highest BCUT2D eigenvalue weighted by Crippen LogP contribution is 2.30. The van der Waals surface area contributed by atoms with Crippen LogP contribution in [-0.4, -0.2) is 16.2 Å². The van der Waals surface area contributed by atoms with E-state index in [0.717, 1.165) is 43.0 Å². The minimum atomic E-state index is -0.0841. The number of benzene rings is 1. The number of pyridine rings is 1. The molecule has 4 heteroatoms. The molecule has 1 aromatic carbocycles. The lowest BCUT2D eigenvalue weighted by atomic mass is 9.97. The Morgan fingerprint density at radius 3 is 2.80 bits per heavy atom. The van der Waals surface area contributed by atoms with Crippen molar-refractivity contribution in [3.63, 3.8) is 0 Å². The molecule has 0 amide bonds. The largest absolute Gasteiger partial charge is 0.393 e. The van der Waals surface area contributed by atoms with E-state index in [0.29, 0.717) is 16.1 Å². The van der Waals surface area contributed by atoms with Gasteiger partial charge in [0.05, 0.1) is 16.6 Å². The molecule has 0 saturated heterocycles. The molecule has 2 atom stereocenters. The van der Waals surface area contributed by atoms with Crippen LogP contribution in [0, 0.1) is 5.92 Å². The van der Waals surface area contributed by atoms with Gasteiger partial charge in [-0.1, -0.05) is 35.3 Å². The Kier molecular flexibility index (Phi) is 4.16. The monoisotopic (exact) mass is 309 g/mol. The quantitative estimate of drug-likeness (QED) is 0.838. The number of aromatic nitrogens is 1. The zero-order valence-corrected chi connectivity index (χ0v) is 12.7. The summed E-state index contributed by atoms with van der Waals surface area (Å²) in [7, 11) is 0. The van der Waals surface area contributed by atoms with Crippen LogP contribution in [0.2, 0.25) is 10.2 Å². The highest BCUT2D eigenvalue weighted by atomic mass is 35.5. The lowest BCUT2D eigenvalue weighted by Gasteiger charge is -2.09. The SMILES string of the molecule is O[C@@H]1CCC(CCc2ccc3cc(Cl)c(Cl)nc3c2)C1. The predicted octanol–water partition coefficient (Wildman–Crippen LogP) is 4.64. The number of halogens is 2. The average Bonchev–Trinajstić information content (AvgIpc) is 2.84. The first-order valence-electron chi connectivity index (χ1n) is 7.04. The standard InChI is InChI=1S/C16H17Cl2NO/c17-14-9-12-5-3-11(8-15(12)19-16(14)18)2-1-10-4-6-13(20)7-10/h3,5,8-10,13,20H,1-2,4,6-7H2/t10?,13-/m1/s1. The van der Waals surface area contributed by atoms with Crippen molar-refractivity contribution in [1.29, 1.82) is 0 Å². The van der Waals surface area contributed by atoms with Crippen molar-refractivity contribution >= 4 is 34.1 Å². The molecule has 2 nitrogen and oxygen atoms in total. The zero-order chi connectivity index (χ0) is 14.1. The minimum absolute atomic E-state index is 0.0841. The Morgan fingerprint density at radius 1 is 1.20 bits per heavy atom. The van der Waals surface area contributed by atoms with Gasteiger partial charge in [-0.3, -0.25) is 0 Å². The van der Waals surface area contributed by atoms with E-state index in [9.17, 15) is 5.11 Å². The van der Waals surface area contributed by atoms with Crippen molar-refractivity contribution < 1.29 is 5.11 Å². The molecule has 1 unspecified atom stereocenters. The van der Waals surface area contributed by atoms with Gasteiger partial charge in [0.15, 0.2) is 0 Å². The van der Waals surface area contributed by atoms with Crippen molar-refractivity contribution in [3.05, 3.63) is 40.0 Å².